The van der Waals surface area contributed by atoms with Gasteiger partial charge in [-0.25, -0.2) is 4.79 Å². The van der Waals surface area contributed by atoms with Crippen LogP contribution in [-0.2, 0) is 14.3 Å². The minimum atomic E-state index is -1.08. The largest absolute Gasteiger partial charge is 0.449 e. The number of carbonyl (C=O) groups excluding carboxylic acids is 3. The number of hydrogen-bond donors (Lipinski definition) is 2. The van der Waals surface area contributed by atoms with Crippen molar-refractivity contribution in [1.29, 1.82) is 0 Å². The number of halogens is 3. The van der Waals surface area contributed by atoms with Gasteiger partial charge in [-0.1, -0.05) is 34.8 Å². The molecule has 0 heterocycles. The lowest BCUT2D eigenvalue weighted by atomic mass is 10.2. The molecule has 0 bridgehead atoms. The number of esters is 1. The van der Waals surface area contributed by atoms with E-state index in [0.717, 1.165) is 12.8 Å². The molecule has 2 aromatic rings. The fourth-order valence-electron chi connectivity index (χ4n) is 2.41. The van der Waals surface area contributed by atoms with Crippen molar-refractivity contribution in [3.8, 4) is 0 Å². The number of ether oxygens (including phenoxy) is 1. The van der Waals surface area contributed by atoms with Crippen LogP contribution in [0.3, 0.4) is 0 Å². The van der Waals surface area contributed by atoms with E-state index in [1.54, 1.807) is 12.1 Å². The van der Waals surface area contributed by atoms with Crippen LogP contribution >= 0.6 is 34.8 Å². The maximum absolute atomic E-state index is 12.3. The number of hydrogen-bond acceptors (Lipinski definition) is 4. The quantitative estimate of drug-likeness (QED) is 0.464. The van der Waals surface area contributed by atoms with Crippen LogP contribution in [0.25, 0.3) is 0 Å². The zero-order valence-corrected chi connectivity index (χ0v) is 17.6. The van der Waals surface area contributed by atoms with Gasteiger partial charge in [0, 0.05) is 11.6 Å². The molecule has 1 aliphatic carbocycles. The molecule has 1 aliphatic rings. The molecule has 29 heavy (non-hydrogen) atoms. The van der Waals surface area contributed by atoms with Gasteiger partial charge in [0.05, 0.1) is 26.3 Å². The van der Waals surface area contributed by atoms with Crippen LogP contribution in [0.4, 0.5) is 11.4 Å². The van der Waals surface area contributed by atoms with E-state index < -0.39 is 18.0 Å². The molecule has 1 fully saturated rings. The lowest BCUT2D eigenvalue weighted by molar-refractivity contribution is -0.123. The molecule has 2 aromatic carbocycles. The summed E-state index contributed by atoms with van der Waals surface area (Å²) in [6, 6.07) is 9.07. The first-order valence-corrected chi connectivity index (χ1v) is 9.95. The molecule has 0 aliphatic heterocycles. The van der Waals surface area contributed by atoms with Gasteiger partial charge in [0.2, 0.25) is 5.91 Å². The highest BCUT2D eigenvalue weighted by molar-refractivity contribution is 6.44. The highest BCUT2D eigenvalue weighted by Crippen LogP contribution is 2.32. The number of anilines is 2. The minimum absolute atomic E-state index is 0.0217. The number of amides is 2. The van der Waals surface area contributed by atoms with Crippen molar-refractivity contribution in [3.63, 3.8) is 0 Å². The Bertz CT molecular complexity index is 959. The number of nitrogens with one attached hydrogen (secondary N) is 2. The second kappa shape index (κ2) is 9.03. The average Bonchev–Trinajstić information content (AvgIpc) is 3.51. The third kappa shape index (κ3) is 5.63. The molecule has 1 unspecified atom stereocenters. The van der Waals surface area contributed by atoms with Crippen molar-refractivity contribution in [2.75, 3.05) is 10.6 Å². The average molecular weight is 456 g/mol. The smallest absolute Gasteiger partial charge is 0.338 e. The summed E-state index contributed by atoms with van der Waals surface area (Å²) in [6.45, 7) is 1.43. The van der Waals surface area contributed by atoms with Gasteiger partial charge in [-0.2, -0.15) is 0 Å². The number of rotatable bonds is 6. The summed E-state index contributed by atoms with van der Waals surface area (Å²) < 4.78 is 5.19. The third-order valence-corrected chi connectivity index (χ3v) is 5.29. The first-order chi connectivity index (χ1) is 13.7. The first kappa shape index (κ1) is 21.4. The Hall–Kier alpha value is -2.28. The number of carbonyl (C=O) groups is 3. The van der Waals surface area contributed by atoms with Crippen LogP contribution in [0.15, 0.2) is 36.4 Å². The van der Waals surface area contributed by atoms with Crippen LogP contribution in [0.1, 0.15) is 30.1 Å². The molecule has 1 saturated carbocycles. The van der Waals surface area contributed by atoms with Crippen LogP contribution in [0, 0.1) is 5.92 Å². The summed E-state index contributed by atoms with van der Waals surface area (Å²) in [7, 11) is 0. The first-order valence-electron chi connectivity index (χ1n) is 8.82. The van der Waals surface area contributed by atoms with Gasteiger partial charge in [0.1, 0.15) is 0 Å². The van der Waals surface area contributed by atoms with E-state index in [9.17, 15) is 14.4 Å². The molecule has 2 amide bonds. The van der Waals surface area contributed by atoms with Crippen molar-refractivity contribution in [3.05, 3.63) is 57.0 Å². The van der Waals surface area contributed by atoms with Gasteiger partial charge in [-0.05, 0) is 56.2 Å². The van der Waals surface area contributed by atoms with E-state index >= 15 is 0 Å². The van der Waals surface area contributed by atoms with Crippen LogP contribution in [0.2, 0.25) is 15.1 Å². The summed E-state index contributed by atoms with van der Waals surface area (Å²) in [5, 5.41) is 6.01. The van der Waals surface area contributed by atoms with Gasteiger partial charge in [0.25, 0.3) is 5.91 Å². The Kier molecular flexibility index (Phi) is 6.67. The third-order valence-electron chi connectivity index (χ3n) is 4.26. The molecular weight excluding hydrogens is 439 g/mol. The predicted octanol–water partition coefficient (Wildman–Crippen LogP) is 5.18. The maximum atomic E-state index is 12.3. The summed E-state index contributed by atoms with van der Waals surface area (Å²) in [5.74, 6) is -1.19. The van der Waals surface area contributed by atoms with Crippen LogP contribution < -0.4 is 10.6 Å². The normalized spacial score (nSPS) is 14.1. The minimum Gasteiger partial charge on any atom is -0.449 e. The molecule has 0 radical (unpaired) electrons. The van der Waals surface area contributed by atoms with E-state index in [0.29, 0.717) is 5.69 Å². The Morgan fingerprint density at radius 1 is 0.966 bits per heavy atom. The zero-order chi connectivity index (χ0) is 21.1. The molecule has 0 saturated heterocycles. The van der Waals surface area contributed by atoms with Crippen LogP contribution in [-0.4, -0.2) is 23.9 Å². The highest BCUT2D eigenvalue weighted by Gasteiger charge is 2.29. The van der Waals surface area contributed by atoms with Crippen LogP contribution in [0.5, 0.6) is 0 Å². The molecule has 6 nitrogen and oxygen atoms in total. The highest BCUT2D eigenvalue weighted by atomic mass is 35.5. The molecule has 2 N–H and O–H groups in total. The summed E-state index contributed by atoms with van der Waals surface area (Å²) >= 11 is 17.8. The molecule has 0 spiro atoms. The Balaban J connectivity index is 1.57. The number of benzene rings is 2. The lowest BCUT2D eigenvalue weighted by Gasteiger charge is -2.15. The van der Waals surface area contributed by atoms with E-state index in [1.165, 1.54) is 31.2 Å². The lowest BCUT2D eigenvalue weighted by Crippen LogP contribution is -2.30. The van der Waals surface area contributed by atoms with Gasteiger partial charge in [-0.15, -0.1) is 0 Å². The van der Waals surface area contributed by atoms with E-state index in [4.69, 9.17) is 39.5 Å². The van der Waals surface area contributed by atoms with E-state index in [2.05, 4.69) is 10.6 Å². The fraction of sp³-hybridized carbons (Fsp3) is 0.250. The molecule has 3 rings (SSSR count). The second-order valence-corrected chi connectivity index (χ2v) is 7.85. The van der Waals surface area contributed by atoms with E-state index in [-0.39, 0.29) is 38.1 Å². The SMILES string of the molecule is CC(OC(=O)c1ccc(NC(=O)C2CC2)cc1)C(=O)Nc1cc(Cl)c(Cl)cc1Cl. The van der Waals surface area contributed by atoms with E-state index in [1.807, 2.05) is 0 Å². The molecule has 9 heteroatoms. The Labute approximate surface area is 182 Å². The van der Waals surface area contributed by atoms with Crippen molar-refractivity contribution in [2.45, 2.75) is 25.9 Å². The molecular formula is C20H17Cl3N2O4. The maximum Gasteiger partial charge on any atom is 0.338 e. The monoisotopic (exact) mass is 454 g/mol. The van der Waals surface area contributed by atoms with Crippen molar-refractivity contribution >= 4 is 64.0 Å². The van der Waals surface area contributed by atoms with Gasteiger partial charge in [0.15, 0.2) is 6.10 Å². The van der Waals surface area contributed by atoms with Crippen molar-refractivity contribution in [1.82, 2.24) is 0 Å². The standard InChI is InChI=1S/C20H17Cl3N2O4/c1-10(18(26)25-17-9-15(22)14(21)8-16(17)23)29-20(28)12-4-6-13(7-5-12)24-19(27)11-2-3-11/h4-11H,2-3H2,1H3,(H,24,27)(H,25,26). The molecule has 152 valence electrons. The molecule has 0 aromatic heterocycles. The van der Waals surface area contributed by atoms with Crippen molar-refractivity contribution < 1.29 is 19.1 Å². The van der Waals surface area contributed by atoms with Gasteiger partial charge < -0.3 is 15.4 Å². The zero-order valence-electron chi connectivity index (χ0n) is 15.3. The summed E-state index contributed by atoms with van der Waals surface area (Å²) in [4.78, 5) is 36.3. The van der Waals surface area contributed by atoms with Gasteiger partial charge in [-0.3, -0.25) is 9.59 Å². The Morgan fingerprint density at radius 3 is 2.21 bits per heavy atom. The topological polar surface area (TPSA) is 84.5 Å². The second-order valence-electron chi connectivity index (χ2n) is 6.62. The Morgan fingerprint density at radius 2 is 1.59 bits per heavy atom. The van der Waals surface area contributed by atoms with Crippen molar-refractivity contribution in [2.24, 2.45) is 5.92 Å². The van der Waals surface area contributed by atoms with Gasteiger partial charge >= 0.3 is 5.97 Å². The fourth-order valence-corrected chi connectivity index (χ4v) is 3.01. The summed E-state index contributed by atoms with van der Waals surface area (Å²) in [6.07, 6.45) is 0.732. The predicted molar refractivity (Wildman–Crippen MR) is 113 cm³/mol. The summed E-state index contributed by atoms with van der Waals surface area (Å²) in [5.41, 5.74) is 1.10. The molecule has 1 atom stereocenters.